The second-order valence-electron chi connectivity index (χ2n) is 25.2. The zero-order valence-corrected chi connectivity index (χ0v) is 56.0. The summed E-state index contributed by atoms with van der Waals surface area (Å²) >= 11 is 0. The lowest BCUT2D eigenvalue weighted by molar-refractivity contribution is -0.167. The minimum atomic E-state index is -0.778. The van der Waals surface area contributed by atoms with Gasteiger partial charge in [0.05, 0.1) is 0 Å². The van der Waals surface area contributed by atoms with E-state index in [9.17, 15) is 14.4 Å². The van der Waals surface area contributed by atoms with E-state index in [1.54, 1.807) is 0 Å². The molecule has 0 aromatic rings. The molecular weight excluding hydrogens is 1020 g/mol. The van der Waals surface area contributed by atoms with Crippen molar-refractivity contribution in [3.05, 3.63) is 48.6 Å². The fourth-order valence-electron chi connectivity index (χ4n) is 11.2. The second kappa shape index (κ2) is 71.8. The van der Waals surface area contributed by atoms with Crippen molar-refractivity contribution in [3.63, 3.8) is 0 Å². The largest absolute Gasteiger partial charge is 0.462 e. The normalized spacial score (nSPS) is 12.3. The van der Waals surface area contributed by atoms with Crippen molar-refractivity contribution in [1.82, 2.24) is 0 Å². The lowest BCUT2D eigenvalue weighted by Crippen LogP contribution is -2.30. The van der Waals surface area contributed by atoms with Crippen LogP contribution in [0.1, 0.15) is 406 Å². The maximum atomic E-state index is 13.0. The van der Waals surface area contributed by atoms with E-state index < -0.39 is 6.10 Å². The number of hydrogen-bond donors (Lipinski definition) is 0. The average Bonchev–Trinajstić information content (AvgIpc) is 3.49. The third-order valence-corrected chi connectivity index (χ3v) is 16.8. The van der Waals surface area contributed by atoms with Crippen LogP contribution in [0.4, 0.5) is 0 Å². The van der Waals surface area contributed by atoms with Gasteiger partial charge in [-0.3, -0.25) is 14.4 Å². The Kier molecular flexibility index (Phi) is 69.6. The molecule has 83 heavy (non-hydrogen) atoms. The topological polar surface area (TPSA) is 78.9 Å². The fourth-order valence-corrected chi connectivity index (χ4v) is 11.2. The molecule has 0 bridgehead atoms. The monoisotopic (exact) mass is 1160 g/mol. The molecule has 0 saturated heterocycles. The highest BCUT2D eigenvalue weighted by Crippen LogP contribution is 2.18. The van der Waals surface area contributed by atoms with Gasteiger partial charge in [-0.05, 0) is 103 Å². The molecule has 0 radical (unpaired) electrons. The van der Waals surface area contributed by atoms with E-state index in [4.69, 9.17) is 14.2 Å². The first-order valence-corrected chi connectivity index (χ1v) is 37.1. The van der Waals surface area contributed by atoms with Gasteiger partial charge in [-0.2, -0.15) is 0 Å². The van der Waals surface area contributed by atoms with Gasteiger partial charge >= 0.3 is 17.9 Å². The zero-order valence-electron chi connectivity index (χ0n) is 56.0. The van der Waals surface area contributed by atoms with Crippen molar-refractivity contribution >= 4 is 17.9 Å². The summed E-state index contributed by atoms with van der Waals surface area (Å²) in [4.78, 5) is 38.5. The van der Waals surface area contributed by atoms with Crippen LogP contribution < -0.4 is 0 Å². The summed E-state index contributed by atoms with van der Waals surface area (Å²) in [5.74, 6) is -0.858. The van der Waals surface area contributed by atoms with Crippen LogP contribution in [0.5, 0.6) is 0 Å². The highest BCUT2D eigenvalue weighted by atomic mass is 16.6. The number of carbonyl (C=O) groups is 3. The maximum Gasteiger partial charge on any atom is 0.306 e. The summed E-state index contributed by atoms with van der Waals surface area (Å²) in [5, 5.41) is 0. The van der Waals surface area contributed by atoms with E-state index in [-0.39, 0.29) is 31.1 Å². The Balaban J connectivity index is 4.21. The van der Waals surface area contributed by atoms with Gasteiger partial charge < -0.3 is 14.2 Å². The molecule has 0 aromatic heterocycles. The number of unbranched alkanes of at least 4 members (excludes halogenated alkanes) is 50. The molecule has 6 nitrogen and oxygen atoms in total. The Bertz CT molecular complexity index is 1430. The molecule has 1 unspecified atom stereocenters. The van der Waals surface area contributed by atoms with E-state index in [1.807, 2.05) is 0 Å². The van der Waals surface area contributed by atoms with Crippen LogP contribution in [0.15, 0.2) is 48.6 Å². The van der Waals surface area contributed by atoms with Crippen LogP contribution in [0.3, 0.4) is 0 Å². The molecule has 0 rings (SSSR count). The van der Waals surface area contributed by atoms with Crippen molar-refractivity contribution in [2.24, 2.45) is 0 Å². The molecule has 0 spiro atoms. The number of esters is 3. The van der Waals surface area contributed by atoms with Crippen molar-refractivity contribution < 1.29 is 28.6 Å². The molecule has 0 fully saturated rings. The van der Waals surface area contributed by atoms with Gasteiger partial charge in [0.15, 0.2) is 6.10 Å². The minimum Gasteiger partial charge on any atom is -0.462 e. The Morgan fingerprint density at radius 1 is 0.241 bits per heavy atom. The van der Waals surface area contributed by atoms with E-state index in [2.05, 4.69) is 69.4 Å². The molecular formula is C77H142O6. The van der Waals surface area contributed by atoms with Crippen molar-refractivity contribution in [2.45, 2.75) is 412 Å². The molecule has 1 atom stereocenters. The van der Waals surface area contributed by atoms with E-state index in [0.717, 1.165) is 70.6 Å². The highest BCUT2D eigenvalue weighted by molar-refractivity contribution is 5.71. The summed E-state index contributed by atoms with van der Waals surface area (Å²) in [5.41, 5.74) is 0. The Hall–Kier alpha value is -2.63. The molecule has 0 aliphatic carbocycles. The number of carbonyl (C=O) groups excluding carboxylic acids is 3. The first kappa shape index (κ1) is 80.4. The first-order valence-electron chi connectivity index (χ1n) is 37.1. The molecule has 0 heterocycles. The maximum absolute atomic E-state index is 13.0. The van der Waals surface area contributed by atoms with Gasteiger partial charge in [-0.25, -0.2) is 0 Å². The van der Waals surface area contributed by atoms with Crippen LogP contribution in [-0.2, 0) is 28.6 Å². The average molecular weight is 1160 g/mol. The van der Waals surface area contributed by atoms with Crippen LogP contribution in [0, 0.1) is 0 Å². The Labute approximate surface area is 518 Å². The first-order chi connectivity index (χ1) is 41.0. The predicted molar refractivity (Wildman–Crippen MR) is 362 cm³/mol. The Morgan fingerprint density at radius 2 is 0.434 bits per heavy atom. The summed E-state index contributed by atoms with van der Waals surface area (Å²) < 4.78 is 17.0. The standard InChI is InChI=1S/C77H142O6/c1-4-7-10-13-16-19-22-25-28-31-33-34-35-36-37-38-39-40-41-42-43-44-45-47-49-52-55-58-61-64-67-70-76(79)82-73-74(72-81-75(78)69-66-63-60-57-54-51-48-30-27-24-21-18-15-12-9-6-3)83-77(80)71-68-65-62-59-56-53-50-46-32-29-26-23-20-17-14-11-8-5-2/h22,25,29-33,48,74H,4-21,23-24,26-28,34-47,49-73H2,1-3H3/b25-22-,32-29-,33-31-,48-30-. The van der Waals surface area contributed by atoms with E-state index in [1.165, 1.54) is 295 Å². The number of hydrogen-bond acceptors (Lipinski definition) is 6. The molecule has 0 aromatic carbocycles. The van der Waals surface area contributed by atoms with E-state index >= 15 is 0 Å². The van der Waals surface area contributed by atoms with Crippen molar-refractivity contribution in [2.75, 3.05) is 13.2 Å². The van der Waals surface area contributed by atoms with Crippen molar-refractivity contribution in [3.8, 4) is 0 Å². The number of ether oxygens (including phenoxy) is 3. The fraction of sp³-hybridized carbons (Fsp3) is 0.857. The van der Waals surface area contributed by atoms with Gasteiger partial charge in [0, 0.05) is 19.3 Å². The third kappa shape index (κ3) is 70.0. The lowest BCUT2D eigenvalue weighted by Gasteiger charge is -2.18. The van der Waals surface area contributed by atoms with Gasteiger partial charge in [0.25, 0.3) is 0 Å². The molecule has 6 heteroatoms. The smallest absolute Gasteiger partial charge is 0.306 e. The molecule has 0 aliphatic rings. The lowest BCUT2D eigenvalue weighted by atomic mass is 10.0. The van der Waals surface area contributed by atoms with Gasteiger partial charge in [-0.1, -0.05) is 333 Å². The van der Waals surface area contributed by atoms with Crippen LogP contribution >= 0.6 is 0 Å². The van der Waals surface area contributed by atoms with Crippen LogP contribution in [-0.4, -0.2) is 37.2 Å². The van der Waals surface area contributed by atoms with Crippen molar-refractivity contribution in [1.29, 1.82) is 0 Å². The predicted octanol–water partition coefficient (Wildman–Crippen LogP) is 25.7. The second-order valence-corrected chi connectivity index (χ2v) is 25.2. The van der Waals surface area contributed by atoms with Crippen LogP contribution in [0.2, 0.25) is 0 Å². The SMILES string of the molecule is CCCCCCC/C=C\C/C=C\CCCCCCCCCCCCCCCCCCCCCC(=O)OCC(COC(=O)CCCCCCC/C=C\CCCCCCCCC)OC(=O)CCCCCCCCC/C=C\CCCCCCCCC. The Morgan fingerprint density at radius 3 is 0.675 bits per heavy atom. The summed E-state index contributed by atoms with van der Waals surface area (Å²) in [6.45, 7) is 6.68. The molecule has 486 valence electrons. The number of allylic oxidation sites excluding steroid dienone is 8. The molecule has 0 aliphatic heterocycles. The number of rotatable bonds is 69. The third-order valence-electron chi connectivity index (χ3n) is 16.8. The molecule has 0 N–H and O–H groups in total. The molecule has 0 amide bonds. The summed E-state index contributed by atoms with van der Waals surface area (Å²) in [6, 6.07) is 0. The zero-order chi connectivity index (χ0) is 59.9. The summed E-state index contributed by atoms with van der Waals surface area (Å²) in [7, 11) is 0. The van der Waals surface area contributed by atoms with Gasteiger partial charge in [0.2, 0.25) is 0 Å². The minimum absolute atomic E-state index is 0.0729. The van der Waals surface area contributed by atoms with Gasteiger partial charge in [-0.15, -0.1) is 0 Å². The summed E-state index contributed by atoms with van der Waals surface area (Å²) in [6.07, 6.45) is 91.5. The van der Waals surface area contributed by atoms with Crippen LogP contribution in [0.25, 0.3) is 0 Å². The quantitative estimate of drug-likeness (QED) is 0.0261. The van der Waals surface area contributed by atoms with E-state index in [0.29, 0.717) is 19.3 Å². The highest BCUT2D eigenvalue weighted by Gasteiger charge is 2.19. The van der Waals surface area contributed by atoms with Gasteiger partial charge in [0.1, 0.15) is 13.2 Å². The molecule has 0 saturated carbocycles.